The fourth-order valence-electron chi connectivity index (χ4n) is 3.36. The van der Waals surface area contributed by atoms with Crippen molar-refractivity contribution in [2.75, 3.05) is 6.61 Å². The Labute approximate surface area is 168 Å². The van der Waals surface area contributed by atoms with Gasteiger partial charge in [0.25, 0.3) is 0 Å². The molecule has 1 atom stereocenters. The number of nitrogens with two attached hydrogens (primary N) is 1. The second kappa shape index (κ2) is 7.16. The van der Waals surface area contributed by atoms with Gasteiger partial charge in [-0.1, -0.05) is 40.2 Å². The highest BCUT2D eigenvalue weighted by molar-refractivity contribution is 9.10. The molecule has 6 nitrogen and oxygen atoms in total. The van der Waals surface area contributed by atoms with Crippen molar-refractivity contribution in [2.24, 2.45) is 5.73 Å². The zero-order valence-corrected chi connectivity index (χ0v) is 16.5. The van der Waals surface area contributed by atoms with E-state index >= 15 is 0 Å². The second-order valence-corrected chi connectivity index (χ2v) is 7.13. The molecule has 0 fully saturated rings. The largest absolute Gasteiger partial charge is 0.462 e. The molecule has 0 amide bonds. The van der Waals surface area contributed by atoms with Gasteiger partial charge in [0, 0.05) is 4.47 Å². The van der Waals surface area contributed by atoms with Crippen LogP contribution in [0.15, 0.2) is 73.7 Å². The summed E-state index contributed by atoms with van der Waals surface area (Å²) in [4.78, 5) is 25.6. The van der Waals surface area contributed by atoms with Crippen molar-refractivity contribution in [2.45, 2.75) is 12.8 Å². The van der Waals surface area contributed by atoms with E-state index in [1.807, 2.05) is 24.3 Å². The van der Waals surface area contributed by atoms with Crippen LogP contribution in [0.4, 0.5) is 0 Å². The highest BCUT2D eigenvalue weighted by atomic mass is 79.9. The Morgan fingerprint density at radius 2 is 1.89 bits per heavy atom. The topological polar surface area (TPSA) is 91.8 Å². The predicted molar refractivity (Wildman–Crippen MR) is 107 cm³/mol. The predicted octanol–water partition coefficient (Wildman–Crippen LogP) is 3.81. The molecule has 0 radical (unpaired) electrons. The maximum absolute atomic E-state index is 12.9. The van der Waals surface area contributed by atoms with Gasteiger partial charge >= 0.3 is 11.6 Å². The van der Waals surface area contributed by atoms with Gasteiger partial charge in [0.15, 0.2) is 5.75 Å². The molecular formula is C21H16BrNO5. The van der Waals surface area contributed by atoms with Crippen molar-refractivity contribution in [3.05, 3.63) is 86.0 Å². The summed E-state index contributed by atoms with van der Waals surface area (Å²) in [5.74, 6) is -1.19. The van der Waals surface area contributed by atoms with Gasteiger partial charge in [0.05, 0.1) is 23.5 Å². The number of hydrogen-bond acceptors (Lipinski definition) is 6. The number of benzene rings is 2. The van der Waals surface area contributed by atoms with Crippen LogP contribution < -0.4 is 16.1 Å². The molecule has 3 aromatic rings. The van der Waals surface area contributed by atoms with Crippen molar-refractivity contribution in [1.82, 2.24) is 0 Å². The quantitative estimate of drug-likeness (QED) is 0.490. The molecule has 0 saturated heterocycles. The van der Waals surface area contributed by atoms with Crippen LogP contribution in [0.1, 0.15) is 24.0 Å². The van der Waals surface area contributed by atoms with E-state index in [1.54, 1.807) is 31.2 Å². The third-order valence-corrected chi connectivity index (χ3v) is 5.08. The molecule has 0 saturated carbocycles. The average molecular weight is 442 g/mol. The Hall–Kier alpha value is -3.06. The molecule has 142 valence electrons. The Balaban J connectivity index is 2.03. The minimum absolute atomic E-state index is 0.0826. The fraction of sp³-hybridized carbons (Fsp3) is 0.143. The molecule has 28 heavy (non-hydrogen) atoms. The van der Waals surface area contributed by atoms with Crippen molar-refractivity contribution < 1.29 is 18.7 Å². The highest BCUT2D eigenvalue weighted by Gasteiger charge is 2.39. The summed E-state index contributed by atoms with van der Waals surface area (Å²) in [5, 5.41) is 0.602. The lowest BCUT2D eigenvalue weighted by Gasteiger charge is -2.28. The molecule has 7 heteroatoms. The number of carbonyl (C=O) groups is 1. The van der Waals surface area contributed by atoms with Gasteiger partial charge in [-0.05, 0) is 36.8 Å². The first-order chi connectivity index (χ1) is 13.5. The van der Waals surface area contributed by atoms with Gasteiger partial charge in [-0.15, -0.1) is 0 Å². The summed E-state index contributed by atoms with van der Waals surface area (Å²) in [7, 11) is 0. The van der Waals surface area contributed by atoms with E-state index in [9.17, 15) is 9.59 Å². The summed E-state index contributed by atoms with van der Waals surface area (Å²) < 4.78 is 17.3. The van der Waals surface area contributed by atoms with E-state index < -0.39 is 17.5 Å². The third-order valence-electron chi connectivity index (χ3n) is 4.55. The Morgan fingerprint density at radius 1 is 1.18 bits per heavy atom. The number of fused-ring (bicyclic) bond motifs is 3. The number of carbonyl (C=O) groups excluding carboxylic acids is 1. The number of para-hydroxylation sites is 1. The zero-order chi connectivity index (χ0) is 19.8. The van der Waals surface area contributed by atoms with E-state index in [-0.39, 0.29) is 23.6 Å². The Kier molecular flexibility index (Phi) is 4.68. The van der Waals surface area contributed by atoms with Crippen LogP contribution in [0.5, 0.6) is 5.75 Å². The van der Waals surface area contributed by atoms with E-state index in [0.717, 1.165) is 4.47 Å². The molecule has 1 aromatic heterocycles. The van der Waals surface area contributed by atoms with E-state index in [1.165, 1.54) is 0 Å². The van der Waals surface area contributed by atoms with Gasteiger partial charge in [-0.25, -0.2) is 9.59 Å². The molecule has 0 spiro atoms. The monoisotopic (exact) mass is 441 g/mol. The summed E-state index contributed by atoms with van der Waals surface area (Å²) in [6.07, 6.45) is 0. The van der Waals surface area contributed by atoms with Crippen molar-refractivity contribution in [3.8, 4) is 5.75 Å². The van der Waals surface area contributed by atoms with Crippen LogP contribution in [0.3, 0.4) is 0 Å². The van der Waals surface area contributed by atoms with E-state index in [0.29, 0.717) is 22.3 Å². The minimum Gasteiger partial charge on any atom is -0.462 e. The van der Waals surface area contributed by atoms with Gasteiger partial charge in [0.1, 0.15) is 11.2 Å². The lowest BCUT2D eigenvalue weighted by atomic mass is 9.83. The van der Waals surface area contributed by atoms with Crippen LogP contribution in [-0.2, 0) is 9.53 Å². The average Bonchev–Trinajstić information content (AvgIpc) is 2.68. The standard InChI is InChI=1S/C21H16BrNO5/c1-2-26-20(24)17-15(11-7-9-12(22)10-8-11)16-18(28-19(17)23)13-5-3-4-6-14(13)27-21(16)25/h3-10,15H,2,23H2,1H3. The molecule has 2 N–H and O–H groups in total. The van der Waals surface area contributed by atoms with Crippen molar-refractivity contribution in [3.63, 3.8) is 0 Å². The molecule has 2 heterocycles. The molecule has 1 aliphatic rings. The lowest BCUT2D eigenvalue weighted by Crippen LogP contribution is -2.31. The third kappa shape index (κ3) is 2.97. The Morgan fingerprint density at radius 3 is 2.61 bits per heavy atom. The second-order valence-electron chi connectivity index (χ2n) is 6.21. The number of ether oxygens (including phenoxy) is 2. The van der Waals surface area contributed by atoms with Gasteiger partial charge < -0.3 is 19.6 Å². The van der Waals surface area contributed by atoms with Gasteiger partial charge in [0.2, 0.25) is 5.88 Å². The summed E-state index contributed by atoms with van der Waals surface area (Å²) in [5.41, 5.74) is 6.93. The molecular weight excluding hydrogens is 426 g/mol. The van der Waals surface area contributed by atoms with Crippen LogP contribution in [-0.4, -0.2) is 12.6 Å². The molecule has 1 aliphatic heterocycles. The first-order valence-corrected chi connectivity index (χ1v) is 9.46. The maximum atomic E-state index is 12.9. The van der Waals surface area contributed by atoms with Crippen LogP contribution in [0, 0.1) is 0 Å². The first kappa shape index (κ1) is 18.3. The normalized spacial score (nSPS) is 15.9. The molecule has 4 rings (SSSR count). The smallest absolute Gasteiger partial charge is 0.344 e. The van der Waals surface area contributed by atoms with E-state index in [4.69, 9.17) is 19.6 Å². The zero-order valence-electron chi connectivity index (χ0n) is 14.9. The Bertz CT molecular complexity index is 1160. The van der Waals surface area contributed by atoms with Crippen molar-refractivity contribution in [1.29, 1.82) is 0 Å². The molecule has 0 bridgehead atoms. The van der Waals surface area contributed by atoms with Crippen molar-refractivity contribution >= 4 is 32.9 Å². The lowest BCUT2D eigenvalue weighted by molar-refractivity contribution is -0.139. The van der Waals surface area contributed by atoms with Gasteiger partial charge in [-0.2, -0.15) is 0 Å². The number of hydrogen-bond donors (Lipinski definition) is 1. The highest BCUT2D eigenvalue weighted by Crippen LogP contribution is 2.44. The maximum Gasteiger partial charge on any atom is 0.344 e. The summed E-state index contributed by atoms with van der Waals surface area (Å²) >= 11 is 3.40. The minimum atomic E-state index is -0.767. The van der Waals surface area contributed by atoms with Crippen LogP contribution in [0.25, 0.3) is 11.0 Å². The van der Waals surface area contributed by atoms with E-state index in [2.05, 4.69) is 15.9 Å². The number of esters is 1. The number of halogens is 1. The van der Waals surface area contributed by atoms with Crippen LogP contribution >= 0.6 is 15.9 Å². The SMILES string of the molecule is CCOC(=O)C1=C(N)Oc2c(c(=O)oc3ccccc23)C1c1ccc(Br)cc1. The summed E-state index contributed by atoms with van der Waals surface area (Å²) in [6, 6.07) is 14.3. The fourth-order valence-corrected chi connectivity index (χ4v) is 3.63. The molecule has 2 aromatic carbocycles. The molecule has 0 aliphatic carbocycles. The first-order valence-electron chi connectivity index (χ1n) is 8.67. The molecule has 1 unspecified atom stereocenters. The summed E-state index contributed by atoms with van der Waals surface area (Å²) in [6.45, 7) is 1.87. The van der Waals surface area contributed by atoms with Gasteiger partial charge in [-0.3, -0.25) is 0 Å². The van der Waals surface area contributed by atoms with Crippen LogP contribution in [0.2, 0.25) is 0 Å². The number of rotatable bonds is 3.